The van der Waals surface area contributed by atoms with E-state index in [1.807, 2.05) is 0 Å². The van der Waals surface area contributed by atoms with E-state index in [1.54, 1.807) is 13.8 Å². The van der Waals surface area contributed by atoms with Crippen molar-refractivity contribution in [1.82, 2.24) is 4.90 Å². The zero-order valence-corrected chi connectivity index (χ0v) is 9.59. The molecule has 0 aromatic carbocycles. The van der Waals surface area contributed by atoms with Crippen molar-refractivity contribution in [2.45, 2.75) is 38.5 Å². The van der Waals surface area contributed by atoms with Crippen molar-refractivity contribution in [2.75, 3.05) is 6.54 Å². The van der Waals surface area contributed by atoms with Crippen molar-refractivity contribution in [2.24, 2.45) is 17.4 Å². The lowest BCUT2D eigenvalue weighted by molar-refractivity contribution is -0.140. The lowest BCUT2D eigenvalue weighted by atomic mass is 10.0. The van der Waals surface area contributed by atoms with Gasteiger partial charge in [-0.2, -0.15) is 0 Å². The van der Waals surface area contributed by atoms with Gasteiger partial charge in [0.05, 0.1) is 12.0 Å². The van der Waals surface area contributed by atoms with E-state index in [0.717, 1.165) is 0 Å². The first-order valence-corrected chi connectivity index (χ1v) is 5.38. The van der Waals surface area contributed by atoms with Gasteiger partial charge < -0.3 is 21.5 Å². The van der Waals surface area contributed by atoms with E-state index in [0.29, 0.717) is 0 Å². The highest BCUT2D eigenvalue weighted by molar-refractivity contribution is 5.88. The van der Waals surface area contributed by atoms with Crippen molar-refractivity contribution in [3.05, 3.63) is 0 Å². The molecule has 5 N–H and O–H groups in total. The summed E-state index contributed by atoms with van der Waals surface area (Å²) >= 11 is 0. The molecule has 0 spiro atoms. The molecule has 0 aliphatic carbocycles. The molecule has 1 aliphatic heterocycles. The Hall–Kier alpha value is -1.14. The van der Waals surface area contributed by atoms with E-state index in [2.05, 4.69) is 0 Å². The molecule has 92 valence electrons. The Morgan fingerprint density at radius 1 is 1.44 bits per heavy atom. The summed E-state index contributed by atoms with van der Waals surface area (Å²) in [7, 11) is 0. The number of hydrogen-bond acceptors (Lipinski definition) is 4. The summed E-state index contributed by atoms with van der Waals surface area (Å²) in [6, 6.07) is -0.998. The Labute approximate surface area is 94.6 Å². The van der Waals surface area contributed by atoms with Gasteiger partial charge in [-0.1, -0.05) is 6.92 Å². The Kier molecular flexibility index (Phi) is 3.88. The molecule has 1 rings (SSSR count). The monoisotopic (exact) mass is 229 g/mol. The Bertz CT molecular complexity index is 293. The van der Waals surface area contributed by atoms with Crippen LogP contribution in [-0.4, -0.2) is 46.6 Å². The predicted octanol–water partition coefficient (Wildman–Crippen LogP) is -1.58. The van der Waals surface area contributed by atoms with Crippen molar-refractivity contribution >= 4 is 11.8 Å². The van der Waals surface area contributed by atoms with E-state index >= 15 is 0 Å². The molecule has 4 unspecified atom stereocenters. The smallest absolute Gasteiger partial charge is 0.240 e. The summed E-state index contributed by atoms with van der Waals surface area (Å²) in [5.74, 6) is -1.19. The minimum absolute atomic E-state index is 0.156. The third-order valence-corrected chi connectivity index (χ3v) is 3.07. The number of nitrogens with two attached hydrogens (primary N) is 2. The van der Waals surface area contributed by atoms with Gasteiger partial charge in [-0.05, 0) is 6.92 Å². The number of primary amides is 1. The third-order valence-electron chi connectivity index (χ3n) is 3.07. The molecule has 0 aromatic rings. The minimum Gasteiger partial charge on any atom is -0.391 e. The molecule has 1 fully saturated rings. The molecule has 1 saturated heterocycles. The van der Waals surface area contributed by atoms with Crippen LogP contribution in [0.1, 0.15) is 20.3 Å². The number of nitrogens with zero attached hydrogens (tertiary/aromatic N) is 1. The number of carbonyl (C=O) groups excluding carboxylic acids is 2. The van der Waals surface area contributed by atoms with Gasteiger partial charge in [0.1, 0.15) is 6.04 Å². The number of likely N-dealkylation sites (tertiary alicyclic amines) is 1. The van der Waals surface area contributed by atoms with Crippen LogP contribution in [0.2, 0.25) is 0 Å². The summed E-state index contributed by atoms with van der Waals surface area (Å²) in [4.78, 5) is 24.4. The van der Waals surface area contributed by atoms with E-state index < -0.39 is 18.1 Å². The molecule has 0 radical (unpaired) electrons. The van der Waals surface area contributed by atoms with Crippen molar-refractivity contribution < 1.29 is 14.7 Å². The van der Waals surface area contributed by atoms with Crippen LogP contribution in [0, 0.1) is 5.92 Å². The maximum absolute atomic E-state index is 12.0. The second kappa shape index (κ2) is 4.80. The average Bonchev–Trinajstić information content (AvgIpc) is 2.58. The highest BCUT2D eigenvalue weighted by atomic mass is 16.3. The summed E-state index contributed by atoms with van der Waals surface area (Å²) in [5, 5.41) is 9.46. The highest BCUT2D eigenvalue weighted by Crippen LogP contribution is 2.20. The molecule has 1 heterocycles. The van der Waals surface area contributed by atoms with Crippen LogP contribution in [-0.2, 0) is 9.59 Å². The zero-order chi connectivity index (χ0) is 12.5. The maximum atomic E-state index is 12.0. The van der Waals surface area contributed by atoms with E-state index in [4.69, 9.17) is 11.5 Å². The second-order valence-electron chi connectivity index (χ2n) is 4.45. The largest absolute Gasteiger partial charge is 0.391 e. The van der Waals surface area contributed by atoms with Crippen molar-refractivity contribution in [3.8, 4) is 0 Å². The highest BCUT2D eigenvalue weighted by Gasteiger charge is 2.39. The normalized spacial score (nSPS) is 28.9. The third kappa shape index (κ3) is 2.51. The predicted molar refractivity (Wildman–Crippen MR) is 58.1 cm³/mol. The SMILES string of the molecule is CC(N)C(C)C(=O)N1CC(O)CC1C(N)=O. The van der Waals surface area contributed by atoms with Gasteiger partial charge in [0, 0.05) is 19.0 Å². The van der Waals surface area contributed by atoms with Gasteiger partial charge in [0.25, 0.3) is 0 Å². The van der Waals surface area contributed by atoms with Crippen LogP contribution >= 0.6 is 0 Å². The Morgan fingerprint density at radius 3 is 2.44 bits per heavy atom. The number of aliphatic hydroxyl groups excluding tert-OH is 1. The molecule has 16 heavy (non-hydrogen) atoms. The molecular formula is C10H19N3O3. The van der Waals surface area contributed by atoms with Crippen LogP contribution in [0.3, 0.4) is 0 Å². The number of rotatable bonds is 3. The van der Waals surface area contributed by atoms with E-state index in [-0.39, 0.29) is 30.8 Å². The summed E-state index contributed by atoms with van der Waals surface area (Å²) in [5.41, 5.74) is 10.8. The standard InChI is InChI=1S/C10H19N3O3/c1-5(6(2)11)10(16)13-4-7(14)3-8(13)9(12)15/h5-8,14H,3-4,11H2,1-2H3,(H2,12,15). The van der Waals surface area contributed by atoms with Gasteiger partial charge in [-0.15, -0.1) is 0 Å². The molecule has 6 heteroatoms. The lowest BCUT2D eigenvalue weighted by Gasteiger charge is -2.26. The number of amides is 2. The Balaban J connectivity index is 2.78. The van der Waals surface area contributed by atoms with Crippen LogP contribution in [0.15, 0.2) is 0 Å². The van der Waals surface area contributed by atoms with Gasteiger partial charge in [-0.25, -0.2) is 0 Å². The van der Waals surface area contributed by atoms with Crippen molar-refractivity contribution in [1.29, 1.82) is 0 Å². The van der Waals surface area contributed by atoms with Gasteiger partial charge in [-0.3, -0.25) is 9.59 Å². The molecule has 0 saturated carbocycles. The molecule has 6 nitrogen and oxygen atoms in total. The summed E-state index contributed by atoms with van der Waals surface area (Å²) in [6.07, 6.45) is -0.464. The van der Waals surface area contributed by atoms with Gasteiger partial charge in [0.15, 0.2) is 0 Å². The van der Waals surface area contributed by atoms with E-state index in [1.165, 1.54) is 4.90 Å². The molecular weight excluding hydrogens is 210 g/mol. The fourth-order valence-electron chi connectivity index (χ4n) is 1.81. The van der Waals surface area contributed by atoms with Crippen molar-refractivity contribution in [3.63, 3.8) is 0 Å². The number of β-amino-alcohol motifs (C(OH)–C–C–N with tert-alkyl or cyclic N) is 1. The average molecular weight is 229 g/mol. The Morgan fingerprint density at radius 2 is 2.00 bits per heavy atom. The lowest BCUT2D eigenvalue weighted by Crippen LogP contribution is -2.48. The topological polar surface area (TPSA) is 110 Å². The van der Waals surface area contributed by atoms with Gasteiger partial charge >= 0.3 is 0 Å². The van der Waals surface area contributed by atoms with Crippen LogP contribution < -0.4 is 11.5 Å². The fourth-order valence-corrected chi connectivity index (χ4v) is 1.81. The number of aliphatic hydroxyl groups is 1. The maximum Gasteiger partial charge on any atom is 0.240 e. The fraction of sp³-hybridized carbons (Fsp3) is 0.800. The number of carbonyl (C=O) groups is 2. The quantitative estimate of drug-likeness (QED) is 0.542. The molecule has 0 aromatic heterocycles. The summed E-state index contributed by atoms with van der Waals surface area (Å²) < 4.78 is 0. The molecule has 0 bridgehead atoms. The van der Waals surface area contributed by atoms with E-state index in [9.17, 15) is 14.7 Å². The molecule has 2 amide bonds. The minimum atomic E-state index is -0.705. The summed E-state index contributed by atoms with van der Waals surface area (Å²) in [6.45, 7) is 3.59. The first-order valence-electron chi connectivity index (χ1n) is 5.38. The first-order chi connectivity index (χ1) is 7.34. The first kappa shape index (κ1) is 12.9. The van der Waals surface area contributed by atoms with Crippen LogP contribution in [0.5, 0.6) is 0 Å². The zero-order valence-electron chi connectivity index (χ0n) is 9.59. The second-order valence-corrected chi connectivity index (χ2v) is 4.45. The van der Waals surface area contributed by atoms with Crippen LogP contribution in [0.25, 0.3) is 0 Å². The van der Waals surface area contributed by atoms with Gasteiger partial charge in [0.2, 0.25) is 11.8 Å². The molecule has 4 atom stereocenters. The van der Waals surface area contributed by atoms with Crippen LogP contribution in [0.4, 0.5) is 0 Å². The molecule has 1 aliphatic rings. The number of hydrogen-bond donors (Lipinski definition) is 3.